The number of aliphatic hydroxyl groups is 1. The Kier molecular flexibility index (Phi) is 7.60. The molecule has 2 aromatic carbocycles. The second-order valence-electron chi connectivity index (χ2n) is 9.63. The minimum absolute atomic E-state index is 0.154. The van der Waals surface area contributed by atoms with Crippen LogP contribution in [-0.4, -0.2) is 44.7 Å². The molecule has 1 N–H and O–H groups in total. The van der Waals surface area contributed by atoms with Crippen molar-refractivity contribution in [3.63, 3.8) is 0 Å². The second-order valence-corrected chi connectivity index (χ2v) is 10.4. The molecule has 1 saturated heterocycles. The standard InChI is InChI=1S/C26H28Cl2F3N3O2/c1-14-10-17(26(29,30)31)12-21-24(14)32-22(33(21)3)13-19-20(27)5-4-18(23(19)28)25(36)34-8-6-16(7-9-34)11-15(2)35/h4-5,10,12,15-16,35H,6-9,11,13H2,1-3H3. The first-order valence-corrected chi connectivity index (χ1v) is 12.6. The first-order chi connectivity index (χ1) is 16.9. The number of alkyl halides is 3. The lowest BCUT2D eigenvalue weighted by Gasteiger charge is -2.33. The zero-order chi connectivity index (χ0) is 26.4. The molecule has 10 heteroatoms. The molecule has 5 nitrogen and oxygen atoms in total. The number of aromatic nitrogens is 2. The number of rotatable bonds is 5. The van der Waals surface area contributed by atoms with Gasteiger partial charge in [0.2, 0.25) is 0 Å². The van der Waals surface area contributed by atoms with E-state index in [4.69, 9.17) is 23.2 Å². The zero-order valence-corrected chi connectivity index (χ0v) is 21.8. The van der Waals surface area contributed by atoms with Gasteiger partial charge in [0.25, 0.3) is 5.91 Å². The number of piperidine rings is 1. The molecular weight excluding hydrogens is 514 g/mol. The van der Waals surface area contributed by atoms with Gasteiger partial charge in [-0.15, -0.1) is 0 Å². The van der Waals surface area contributed by atoms with Crippen LogP contribution in [0.5, 0.6) is 0 Å². The minimum atomic E-state index is -4.46. The third-order valence-corrected chi connectivity index (χ3v) is 7.71. The van der Waals surface area contributed by atoms with E-state index in [-0.39, 0.29) is 23.5 Å². The number of imidazole rings is 1. The molecule has 1 unspecified atom stereocenters. The third kappa shape index (κ3) is 5.36. The van der Waals surface area contributed by atoms with Crippen LogP contribution in [0.3, 0.4) is 0 Å². The Morgan fingerprint density at radius 2 is 1.89 bits per heavy atom. The van der Waals surface area contributed by atoms with Gasteiger partial charge < -0.3 is 14.6 Å². The number of halogens is 5. The molecule has 0 spiro atoms. The van der Waals surface area contributed by atoms with Crippen LogP contribution in [0.1, 0.15) is 59.1 Å². The number of aryl methyl sites for hydroxylation is 2. The lowest BCUT2D eigenvalue weighted by Crippen LogP contribution is -2.39. The van der Waals surface area contributed by atoms with Gasteiger partial charge in [-0.3, -0.25) is 4.79 Å². The predicted molar refractivity (Wildman–Crippen MR) is 135 cm³/mol. The fraction of sp³-hybridized carbons (Fsp3) is 0.462. The fourth-order valence-corrected chi connectivity index (χ4v) is 5.52. The normalized spacial score (nSPS) is 16.1. The van der Waals surface area contributed by atoms with Crippen molar-refractivity contribution in [1.29, 1.82) is 0 Å². The number of nitrogens with zero attached hydrogens (tertiary/aromatic N) is 3. The molecule has 36 heavy (non-hydrogen) atoms. The molecule has 0 radical (unpaired) electrons. The highest BCUT2D eigenvalue weighted by Crippen LogP contribution is 2.35. The van der Waals surface area contributed by atoms with Crippen LogP contribution >= 0.6 is 23.2 Å². The maximum Gasteiger partial charge on any atom is 0.416 e. The molecule has 1 atom stereocenters. The van der Waals surface area contributed by atoms with Crippen LogP contribution in [0.25, 0.3) is 11.0 Å². The molecule has 1 aliphatic rings. The first-order valence-electron chi connectivity index (χ1n) is 11.8. The van der Waals surface area contributed by atoms with Crippen molar-refractivity contribution in [1.82, 2.24) is 14.5 Å². The van der Waals surface area contributed by atoms with Gasteiger partial charge in [-0.1, -0.05) is 23.2 Å². The van der Waals surface area contributed by atoms with Gasteiger partial charge in [0, 0.05) is 31.6 Å². The summed E-state index contributed by atoms with van der Waals surface area (Å²) in [6, 6.07) is 5.39. The number of benzene rings is 2. The monoisotopic (exact) mass is 541 g/mol. The number of amides is 1. The molecule has 4 rings (SSSR count). The Hall–Kier alpha value is -2.29. The summed E-state index contributed by atoms with van der Waals surface area (Å²) in [7, 11) is 1.65. The predicted octanol–water partition coefficient (Wildman–Crippen LogP) is 6.42. The molecule has 1 fully saturated rings. The van der Waals surface area contributed by atoms with Gasteiger partial charge in [-0.25, -0.2) is 4.98 Å². The Morgan fingerprint density at radius 3 is 2.50 bits per heavy atom. The van der Waals surface area contributed by atoms with Crippen LogP contribution < -0.4 is 0 Å². The van der Waals surface area contributed by atoms with E-state index in [2.05, 4.69) is 4.98 Å². The summed E-state index contributed by atoms with van der Waals surface area (Å²) >= 11 is 13.2. The maximum atomic E-state index is 13.3. The van der Waals surface area contributed by atoms with Gasteiger partial charge in [0.15, 0.2) is 0 Å². The van der Waals surface area contributed by atoms with Crippen LogP contribution in [-0.2, 0) is 19.6 Å². The highest BCUT2D eigenvalue weighted by molar-refractivity contribution is 6.38. The summed E-state index contributed by atoms with van der Waals surface area (Å²) in [4.78, 5) is 19.6. The second kappa shape index (κ2) is 10.2. The van der Waals surface area contributed by atoms with E-state index in [1.807, 2.05) is 0 Å². The van der Waals surface area contributed by atoms with Crippen LogP contribution in [0.2, 0.25) is 10.0 Å². The van der Waals surface area contributed by atoms with Gasteiger partial charge in [0.1, 0.15) is 5.82 Å². The number of hydrogen-bond donors (Lipinski definition) is 1. The van der Waals surface area contributed by atoms with Gasteiger partial charge in [-0.2, -0.15) is 13.2 Å². The van der Waals surface area contributed by atoms with E-state index in [9.17, 15) is 23.1 Å². The van der Waals surface area contributed by atoms with Crippen molar-refractivity contribution in [3.8, 4) is 0 Å². The molecule has 1 aliphatic heterocycles. The molecule has 0 bridgehead atoms. The van der Waals surface area contributed by atoms with Crippen molar-refractivity contribution in [3.05, 3.63) is 62.4 Å². The van der Waals surface area contributed by atoms with Crippen molar-refractivity contribution in [2.75, 3.05) is 13.1 Å². The summed E-state index contributed by atoms with van der Waals surface area (Å²) in [5.41, 5.74) is 1.35. The summed E-state index contributed by atoms with van der Waals surface area (Å²) in [6.07, 6.45) is -2.33. The number of fused-ring (bicyclic) bond motifs is 1. The van der Waals surface area contributed by atoms with E-state index in [1.165, 1.54) is 0 Å². The van der Waals surface area contributed by atoms with Crippen molar-refractivity contribution >= 4 is 40.1 Å². The fourth-order valence-electron chi connectivity index (χ4n) is 4.93. The molecule has 3 aromatic rings. The van der Waals surface area contributed by atoms with Crippen LogP contribution in [0.15, 0.2) is 24.3 Å². The summed E-state index contributed by atoms with van der Waals surface area (Å²) in [5.74, 6) is 0.674. The van der Waals surface area contributed by atoms with E-state index in [0.717, 1.165) is 31.4 Å². The SMILES string of the molecule is Cc1cc(C(F)(F)F)cc2c1nc(Cc1c(Cl)ccc(C(=O)N3CCC(CC(C)O)CC3)c1Cl)n2C. The van der Waals surface area contributed by atoms with Crippen molar-refractivity contribution in [2.24, 2.45) is 13.0 Å². The van der Waals surface area contributed by atoms with Gasteiger partial charge in [0.05, 0.1) is 33.3 Å². The highest BCUT2D eigenvalue weighted by atomic mass is 35.5. The Labute approximate surface area is 217 Å². The molecule has 1 aromatic heterocycles. The number of carbonyl (C=O) groups excluding carboxylic acids is 1. The largest absolute Gasteiger partial charge is 0.416 e. The van der Waals surface area contributed by atoms with Crippen LogP contribution in [0.4, 0.5) is 13.2 Å². The first kappa shape index (κ1) is 26.8. The number of carbonyl (C=O) groups is 1. The highest BCUT2D eigenvalue weighted by Gasteiger charge is 2.32. The average Bonchev–Trinajstić information content (AvgIpc) is 3.12. The summed E-state index contributed by atoms with van der Waals surface area (Å²) < 4.78 is 41.6. The lowest BCUT2D eigenvalue weighted by atomic mass is 9.91. The third-order valence-electron chi connectivity index (χ3n) is 6.92. The Balaban J connectivity index is 1.62. The van der Waals surface area contributed by atoms with Gasteiger partial charge in [-0.05, 0) is 74.4 Å². The Bertz CT molecular complexity index is 1300. The quantitative estimate of drug-likeness (QED) is 0.405. The van der Waals surface area contributed by atoms with Crippen LogP contribution in [0, 0.1) is 12.8 Å². The topological polar surface area (TPSA) is 58.4 Å². The molecule has 0 saturated carbocycles. The van der Waals surface area contributed by atoms with Crippen molar-refractivity contribution in [2.45, 2.75) is 51.8 Å². The Morgan fingerprint density at radius 1 is 1.22 bits per heavy atom. The molecule has 0 aliphatic carbocycles. The smallest absolute Gasteiger partial charge is 0.393 e. The molecule has 1 amide bonds. The maximum absolute atomic E-state index is 13.3. The number of likely N-dealkylation sites (tertiary alicyclic amines) is 1. The van der Waals surface area contributed by atoms with Gasteiger partial charge >= 0.3 is 6.18 Å². The molecule has 2 heterocycles. The molecule has 194 valence electrons. The number of hydrogen-bond acceptors (Lipinski definition) is 3. The van der Waals surface area contributed by atoms with E-state index in [0.29, 0.717) is 57.6 Å². The average molecular weight is 542 g/mol. The summed E-state index contributed by atoms with van der Waals surface area (Å²) in [6.45, 7) is 4.53. The molecular formula is C26H28Cl2F3N3O2. The van der Waals surface area contributed by atoms with E-state index < -0.39 is 11.7 Å². The zero-order valence-electron chi connectivity index (χ0n) is 20.3. The number of aliphatic hydroxyl groups excluding tert-OH is 1. The lowest BCUT2D eigenvalue weighted by molar-refractivity contribution is -0.137. The minimum Gasteiger partial charge on any atom is -0.393 e. The van der Waals surface area contributed by atoms with E-state index in [1.54, 1.807) is 42.5 Å². The van der Waals surface area contributed by atoms with Crippen molar-refractivity contribution < 1.29 is 23.1 Å². The summed E-state index contributed by atoms with van der Waals surface area (Å²) in [5, 5.41) is 10.2. The van der Waals surface area contributed by atoms with E-state index >= 15 is 0 Å².